The molecule has 0 aliphatic heterocycles. The smallest absolute Gasteiger partial charge is 0.416 e. The second-order valence-electron chi connectivity index (χ2n) is 14.4. The summed E-state index contributed by atoms with van der Waals surface area (Å²) in [6.07, 6.45) is 8.94. The molecule has 0 spiro atoms. The van der Waals surface area contributed by atoms with Crippen LogP contribution in [0.5, 0.6) is 0 Å². The highest BCUT2D eigenvalue weighted by Crippen LogP contribution is 2.48. The molecule has 5 rings (SSSR count). The van der Waals surface area contributed by atoms with Gasteiger partial charge in [-0.25, -0.2) is 0 Å². The number of aryl methyl sites for hydroxylation is 1. The van der Waals surface area contributed by atoms with Crippen molar-refractivity contribution in [2.45, 2.75) is 91.2 Å². The zero-order chi connectivity index (χ0) is 39.6. The molecule has 6 nitrogen and oxygen atoms in total. The summed E-state index contributed by atoms with van der Waals surface area (Å²) < 4.78 is 50.8. The minimum atomic E-state index is -4.46. The van der Waals surface area contributed by atoms with Crippen LogP contribution in [0.2, 0.25) is 0 Å². The van der Waals surface area contributed by atoms with Gasteiger partial charge >= 0.3 is 18.1 Å². The molecular weight excluding hydrogens is 705 g/mol. The quantitative estimate of drug-likeness (QED) is 0.107. The van der Waals surface area contributed by atoms with Crippen LogP contribution in [0.3, 0.4) is 0 Å². The molecule has 2 aliphatic carbocycles. The molecule has 2 aliphatic rings. The first kappa shape index (κ1) is 41.1. The van der Waals surface area contributed by atoms with Gasteiger partial charge in [0.05, 0.1) is 18.6 Å². The summed E-state index contributed by atoms with van der Waals surface area (Å²) in [5.41, 5.74) is 3.45. The first-order chi connectivity index (χ1) is 26.4. The van der Waals surface area contributed by atoms with Crippen LogP contribution in [0.15, 0.2) is 102 Å². The molecule has 2 unspecified atom stereocenters. The number of esters is 2. The van der Waals surface area contributed by atoms with Crippen LogP contribution < -0.4 is 0 Å². The lowest BCUT2D eigenvalue weighted by molar-refractivity contribution is -0.160. The van der Waals surface area contributed by atoms with Crippen LogP contribution >= 0.6 is 0 Å². The molecule has 3 aromatic rings. The largest absolute Gasteiger partial charge is 0.465 e. The molecule has 2 atom stereocenters. The monoisotopic (exact) mass is 754 g/mol. The second kappa shape index (κ2) is 18.5. The van der Waals surface area contributed by atoms with E-state index in [9.17, 15) is 32.3 Å². The molecule has 0 amide bonds. The SMILES string of the molecule is CCCC(C)C(=O)c1cc(CC(=O)OCC2(C(=O)OCC)CCC3=CC=CCCC=C32)ccc1CCCC(=O)c1ccccc1-c1ccc(C(F)(F)F)cc1. The fourth-order valence-electron chi connectivity index (χ4n) is 7.54. The molecular formula is C46H49F3O6. The van der Waals surface area contributed by atoms with Crippen molar-refractivity contribution in [1.29, 1.82) is 0 Å². The number of alkyl halides is 3. The number of hydrogen-bond acceptors (Lipinski definition) is 6. The number of carbonyl (C=O) groups excluding carboxylic acids is 4. The van der Waals surface area contributed by atoms with Crippen molar-refractivity contribution >= 4 is 23.5 Å². The average molecular weight is 755 g/mol. The van der Waals surface area contributed by atoms with Gasteiger partial charge in [0.25, 0.3) is 0 Å². The number of carbonyl (C=O) groups is 4. The lowest BCUT2D eigenvalue weighted by Gasteiger charge is -2.28. The van der Waals surface area contributed by atoms with E-state index in [1.807, 2.05) is 32.1 Å². The summed E-state index contributed by atoms with van der Waals surface area (Å²) in [4.78, 5) is 54.0. The van der Waals surface area contributed by atoms with E-state index in [1.54, 1.807) is 43.3 Å². The minimum absolute atomic E-state index is 0.0390. The zero-order valence-corrected chi connectivity index (χ0v) is 31.8. The van der Waals surface area contributed by atoms with Crippen LogP contribution in [0.4, 0.5) is 13.2 Å². The number of benzene rings is 3. The maximum Gasteiger partial charge on any atom is 0.416 e. The maximum absolute atomic E-state index is 13.7. The summed E-state index contributed by atoms with van der Waals surface area (Å²) >= 11 is 0. The Morgan fingerprint density at radius 1 is 0.909 bits per heavy atom. The Morgan fingerprint density at radius 3 is 2.40 bits per heavy atom. The molecule has 0 heterocycles. The maximum atomic E-state index is 13.7. The number of Topliss-reactive ketones (excluding diaryl/α,β-unsaturated/α-hetero) is 2. The van der Waals surface area contributed by atoms with Gasteiger partial charge in [-0.05, 0) is 103 Å². The number of halogens is 3. The van der Waals surface area contributed by atoms with E-state index in [4.69, 9.17) is 9.47 Å². The molecule has 1 saturated carbocycles. The van der Waals surface area contributed by atoms with E-state index >= 15 is 0 Å². The molecule has 1 fully saturated rings. The molecule has 9 heteroatoms. The van der Waals surface area contributed by atoms with Crippen molar-refractivity contribution in [3.8, 4) is 11.1 Å². The van der Waals surface area contributed by atoms with Gasteiger partial charge in [-0.3, -0.25) is 19.2 Å². The molecule has 0 bridgehead atoms. The molecule has 0 N–H and O–H groups in total. The third-order valence-electron chi connectivity index (χ3n) is 10.5. The van der Waals surface area contributed by atoms with Crippen LogP contribution in [0.25, 0.3) is 11.1 Å². The molecule has 290 valence electrons. The third-order valence-corrected chi connectivity index (χ3v) is 10.5. The standard InChI is InChI=1S/C46H49F3O6/c1-4-13-31(3)43(52)39-28-32(29-42(51)55-30-45(44(53)54-5-2)27-26-35-14-8-6-7-9-18-40(35)45)20-21-33(39)15-12-19-41(50)38-17-11-10-16-37(38)34-22-24-36(25-23-34)46(47,48)49/h6,8,10-11,14,16-18,20-25,28,31H,4-5,7,9,12-13,15,19,26-27,29-30H2,1-3H3. The highest BCUT2D eigenvalue weighted by atomic mass is 19.4. The predicted octanol–water partition coefficient (Wildman–Crippen LogP) is 10.8. The van der Waals surface area contributed by atoms with E-state index in [1.165, 1.54) is 12.1 Å². The fraction of sp³-hybridized carbons (Fsp3) is 0.391. The van der Waals surface area contributed by atoms with Gasteiger partial charge in [0.1, 0.15) is 12.0 Å². The summed E-state index contributed by atoms with van der Waals surface area (Å²) in [5, 5.41) is 0. The summed E-state index contributed by atoms with van der Waals surface area (Å²) in [6.45, 7) is 5.74. The Bertz CT molecular complexity index is 1970. The van der Waals surface area contributed by atoms with Gasteiger partial charge in [-0.1, -0.05) is 93.1 Å². The molecule has 3 aromatic carbocycles. The number of rotatable bonds is 16. The van der Waals surface area contributed by atoms with Crippen molar-refractivity contribution in [2.75, 3.05) is 13.2 Å². The number of hydrogen-bond donors (Lipinski definition) is 0. The van der Waals surface area contributed by atoms with Gasteiger partial charge < -0.3 is 9.47 Å². The Kier molecular flexibility index (Phi) is 13.8. The van der Waals surface area contributed by atoms with Crippen LogP contribution in [0.1, 0.15) is 110 Å². The zero-order valence-electron chi connectivity index (χ0n) is 31.8. The lowest BCUT2D eigenvalue weighted by Crippen LogP contribution is -2.38. The van der Waals surface area contributed by atoms with E-state index in [-0.39, 0.29) is 43.5 Å². The third kappa shape index (κ3) is 9.99. The van der Waals surface area contributed by atoms with Crippen LogP contribution in [-0.2, 0) is 38.1 Å². The van der Waals surface area contributed by atoms with Crippen molar-refractivity contribution in [1.82, 2.24) is 0 Å². The van der Waals surface area contributed by atoms with Crippen LogP contribution in [0, 0.1) is 11.3 Å². The van der Waals surface area contributed by atoms with Crippen LogP contribution in [-0.4, -0.2) is 36.7 Å². The number of fused-ring (bicyclic) bond motifs is 1. The van der Waals surface area contributed by atoms with Gasteiger partial charge in [-0.15, -0.1) is 0 Å². The van der Waals surface area contributed by atoms with Gasteiger partial charge in [0, 0.05) is 23.5 Å². The van der Waals surface area contributed by atoms with Crippen molar-refractivity contribution in [3.63, 3.8) is 0 Å². The highest BCUT2D eigenvalue weighted by molar-refractivity contribution is 6.02. The number of allylic oxidation sites excluding steroid dienone is 5. The predicted molar refractivity (Wildman–Crippen MR) is 206 cm³/mol. The summed E-state index contributed by atoms with van der Waals surface area (Å²) in [5.74, 6) is -1.35. The molecule has 0 radical (unpaired) electrons. The molecule has 55 heavy (non-hydrogen) atoms. The van der Waals surface area contributed by atoms with E-state index in [0.717, 1.165) is 48.1 Å². The van der Waals surface area contributed by atoms with Crippen molar-refractivity contribution in [2.24, 2.45) is 11.3 Å². The Morgan fingerprint density at radius 2 is 1.67 bits per heavy atom. The normalized spacial score (nSPS) is 17.3. The fourth-order valence-corrected chi connectivity index (χ4v) is 7.54. The van der Waals surface area contributed by atoms with Gasteiger partial charge in [0.2, 0.25) is 0 Å². The average Bonchev–Trinajstić information content (AvgIpc) is 3.50. The van der Waals surface area contributed by atoms with E-state index in [0.29, 0.717) is 59.9 Å². The van der Waals surface area contributed by atoms with Crippen molar-refractivity contribution in [3.05, 3.63) is 130 Å². The minimum Gasteiger partial charge on any atom is -0.465 e. The summed E-state index contributed by atoms with van der Waals surface area (Å²) in [6, 6.07) is 17.0. The van der Waals surface area contributed by atoms with Crippen molar-refractivity contribution < 1.29 is 41.8 Å². The van der Waals surface area contributed by atoms with E-state index < -0.39 is 29.1 Å². The lowest BCUT2D eigenvalue weighted by atomic mass is 9.81. The Balaban J connectivity index is 1.29. The Labute approximate surface area is 321 Å². The van der Waals surface area contributed by atoms with Gasteiger partial charge in [0.15, 0.2) is 11.6 Å². The molecule has 0 aromatic heterocycles. The van der Waals surface area contributed by atoms with E-state index in [2.05, 4.69) is 12.2 Å². The first-order valence-electron chi connectivity index (χ1n) is 19.2. The first-order valence-corrected chi connectivity index (χ1v) is 19.2. The number of ether oxygens (including phenoxy) is 2. The second-order valence-corrected chi connectivity index (χ2v) is 14.4. The Hall–Kier alpha value is -5.05. The number of ketones is 2. The molecule has 0 saturated heterocycles. The highest BCUT2D eigenvalue weighted by Gasteiger charge is 2.49. The topological polar surface area (TPSA) is 86.7 Å². The van der Waals surface area contributed by atoms with Gasteiger partial charge in [-0.2, -0.15) is 13.2 Å². The summed E-state index contributed by atoms with van der Waals surface area (Å²) in [7, 11) is 0.